The summed E-state index contributed by atoms with van der Waals surface area (Å²) in [4.78, 5) is 2.36. The Morgan fingerprint density at radius 1 is 1.08 bits per heavy atom. The van der Waals surface area contributed by atoms with Crippen molar-refractivity contribution in [2.45, 2.75) is 64.6 Å². The summed E-state index contributed by atoms with van der Waals surface area (Å²) in [6, 6.07) is 17.8. The van der Waals surface area contributed by atoms with E-state index in [4.69, 9.17) is 11.6 Å². The van der Waals surface area contributed by atoms with Crippen molar-refractivity contribution in [3.63, 3.8) is 0 Å². The second kappa shape index (κ2) is 8.73. The van der Waals surface area contributed by atoms with Gasteiger partial charge in [-0.1, -0.05) is 61.7 Å². The third-order valence-electron chi connectivity index (χ3n) is 4.88. The van der Waals surface area contributed by atoms with Crippen molar-refractivity contribution < 1.29 is 5.11 Å². The van der Waals surface area contributed by atoms with Crippen LogP contribution in [0.3, 0.4) is 0 Å². The van der Waals surface area contributed by atoms with E-state index in [1.54, 1.807) is 0 Å². The molecule has 25 heavy (non-hydrogen) atoms. The molecule has 2 aromatic rings. The van der Waals surface area contributed by atoms with Gasteiger partial charge in [0.15, 0.2) is 0 Å². The van der Waals surface area contributed by atoms with Crippen LogP contribution in [0, 0.1) is 0 Å². The van der Waals surface area contributed by atoms with Gasteiger partial charge < -0.3 is 10.0 Å². The van der Waals surface area contributed by atoms with Gasteiger partial charge in [-0.05, 0) is 57.0 Å². The monoisotopic (exact) mass is 359 g/mol. The number of benzene rings is 2. The molecule has 1 N–H and O–H groups in total. The van der Waals surface area contributed by atoms with Crippen LogP contribution < -0.4 is 4.90 Å². The predicted molar refractivity (Wildman–Crippen MR) is 108 cm³/mol. The molecular formula is C22H30ClNO. The van der Waals surface area contributed by atoms with E-state index in [1.807, 2.05) is 30.3 Å². The van der Waals surface area contributed by atoms with E-state index in [2.05, 4.69) is 56.9 Å². The molecule has 0 aromatic heterocycles. The molecular weight excluding hydrogens is 330 g/mol. The first-order valence-corrected chi connectivity index (χ1v) is 9.52. The van der Waals surface area contributed by atoms with Crippen LogP contribution in [0.1, 0.15) is 58.6 Å². The van der Waals surface area contributed by atoms with Gasteiger partial charge >= 0.3 is 0 Å². The molecule has 2 unspecified atom stereocenters. The van der Waals surface area contributed by atoms with Crippen molar-refractivity contribution in [3.05, 3.63) is 65.2 Å². The summed E-state index contributed by atoms with van der Waals surface area (Å²) in [6.07, 6.45) is 2.79. The van der Waals surface area contributed by atoms with Gasteiger partial charge in [0, 0.05) is 16.2 Å². The number of nitrogens with zero attached hydrogens (tertiary/aromatic N) is 1. The molecule has 2 nitrogen and oxygen atoms in total. The van der Waals surface area contributed by atoms with Crippen molar-refractivity contribution in [2.75, 3.05) is 4.90 Å². The van der Waals surface area contributed by atoms with Gasteiger partial charge in [-0.2, -0.15) is 0 Å². The summed E-state index contributed by atoms with van der Waals surface area (Å²) in [5.41, 5.74) is 1.93. The highest BCUT2D eigenvalue weighted by molar-refractivity contribution is 6.30. The van der Waals surface area contributed by atoms with E-state index >= 15 is 0 Å². The minimum atomic E-state index is -0.611. The van der Waals surface area contributed by atoms with Crippen LogP contribution >= 0.6 is 11.6 Å². The van der Waals surface area contributed by atoms with Crippen LogP contribution in [0.25, 0.3) is 0 Å². The van der Waals surface area contributed by atoms with E-state index in [0.717, 1.165) is 30.5 Å². The first kappa shape index (κ1) is 19.8. The lowest BCUT2D eigenvalue weighted by atomic mass is 9.90. The van der Waals surface area contributed by atoms with Gasteiger partial charge in [0.25, 0.3) is 0 Å². The lowest BCUT2D eigenvalue weighted by Gasteiger charge is -2.46. The Kier molecular flexibility index (Phi) is 6.92. The minimum absolute atomic E-state index is 0.0592. The molecule has 0 saturated carbocycles. The van der Waals surface area contributed by atoms with Crippen LogP contribution in [0.4, 0.5) is 5.69 Å². The summed E-state index contributed by atoms with van der Waals surface area (Å²) in [5.74, 6) is 0. The number of halogens is 1. The van der Waals surface area contributed by atoms with E-state index in [0.29, 0.717) is 5.02 Å². The number of aliphatic hydroxyl groups is 1. The highest BCUT2D eigenvalue weighted by Gasteiger charge is 2.34. The molecule has 0 spiro atoms. The molecule has 0 aliphatic rings. The number of unbranched alkanes of at least 4 members (excludes halogenated alkanes) is 1. The molecule has 0 saturated heterocycles. The quantitative estimate of drug-likeness (QED) is 0.603. The zero-order chi connectivity index (χ0) is 18.4. The molecule has 0 heterocycles. The highest BCUT2D eigenvalue weighted by Crippen LogP contribution is 2.35. The van der Waals surface area contributed by atoms with Crippen molar-refractivity contribution in [2.24, 2.45) is 0 Å². The van der Waals surface area contributed by atoms with Crippen molar-refractivity contribution in [1.82, 2.24) is 0 Å². The molecule has 0 aliphatic carbocycles. The third-order valence-corrected chi connectivity index (χ3v) is 5.12. The Bertz CT molecular complexity index is 656. The Morgan fingerprint density at radius 3 is 2.36 bits per heavy atom. The Balaban J connectivity index is 2.37. The largest absolute Gasteiger partial charge is 0.386 e. The average Bonchev–Trinajstić information content (AvgIpc) is 2.60. The maximum Gasteiger partial charge on any atom is 0.0991 e. The highest BCUT2D eigenvalue weighted by atomic mass is 35.5. The number of aliphatic hydroxyl groups excluding tert-OH is 1. The fourth-order valence-corrected chi connectivity index (χ4v) is 3.76. The average molecular weight is 360 g/mol. The summed E-state index contributed by atoms with van der Waals surface area (Å²) in [7, 11) is 0. The second-order valence-corrected chi connectivity index (χ2v) is 7.80. The molecule has 3 heteroatoms. The van der Waals surface area contributed by atoms with E-state index in [-0.39, 0.29) is 11.6 Å². The van der Waals surface area contributed by atoms with Gasteiger partial charge in [0.1, 0.15) is 0 Å². The normalized spacial score (nSPS) is 14.2. The van der Waals surface area contributed by atoms with Gasteiger partial charge in [0.2, 0.25) is 0 Å². The van der Waals surface area contributed by atoms with Crippen molar-refractivity contribution >= 4 is 17.3 Å². The zero-order valence-corrected chi connectivity index (χ0v) is 16.5. The third kappa shape index (κ3) is 4.99. The molecule has 2 aromatic carbocycles. The smallest absolute Gasteiger partial charge is 0.0991 e. The van der Waals surface area contributed by atoms with E-state index in [1.165, 1.54) is 0 Å². The zero-order valence-electron chi connectivity index (χ0n) is 15.7. The number of hydrogen-bond donors (Lipinski definition) is 1. The van der Waals surface area contributed by atoms with Crippen molar-refractivity contribution in [3.8, 4) is 0 Å². The lowest BCUT2D eigenvalue weighted by molar-refractivity contribution is 0.136. The lowest BCUT2D eigenvalue weighted by Crippen LogP contribution is -2.51. The number of para-hydroxylation sites is 1. The molecule has 0 amide bonds. The van der Waals surface area contributed by atoms with Crippen LogP contribution in [-0.4, -0.2) is 16.7 Å². The first-order valence-electron chi connectivity index (χ1n) is 9.14. The Hall–Kier alpha value is -1.51. The summed E-state index contributed by atoms with van der Waals surface area (Å²) in [5, 5.41) is 11.7. The maximum atomic E-state index is 11.0. The van der Waals surface area contributed by atoms with Gasteiger partial charge in [-0.3, -0.25) is 0 Å². The van der Waals surface area contributed by atoms with Gasteiger partial charge in [0.05, 0.1) is 12.1 Å². The standard InChI is InChI=1S/C22H30ClNO/c1-5-6-15-22(3,4)24(20-13-8-7-9-14-20)17(2)21(25)18-11-10-12-19(23)16-18/h7-14,16-17,21,25H,5-6,15H2,1-4H3. The summed E-state index contributed by atoms with van der Waals surface area (Å²) in [6.45, 7) is 8.83. The number of hydrogen-bond acceptors (Lipinski definition) is 2. The molecule has 136 valence electrons. The van der Waals surface area contributed by atoms with E-state index in [9.17, 15) is 5.11 Å². The van der Waals surface area contributed by atoms with Crippen LogP contribution in [0.15, 0.2) is 54.6 Å². The Morgan fingerprint density at radius 2 is 1.76 bits per heavy atom. The fourth-order valence-electron chi connectivity index (χ4n) is 3.56. The molecule has 2 atom stereocenters. The SMILES string of the molecule is CCCCC(C)(C)N(c1ccccc1)C(C)C(O)c1cccc(Cl)c1. The van der Waals surface area contributed by atoms with Gasteiger partial charge in [-0.25, -0.2) is 0 Å². The fraction of sp³-hybridized carbons (Fsp3) is 0.455. The molecule has 0 radical (unpaired) electrons. The maximum absolute atomic E-state index is 11.0. The van der Waals surface area contributed by atoms with E-state index < -0.39 is 6.10 Å². The predicted octanol–water partition coefficient (Wildman–Crippen LogP) is 6.24. The second-order valence-electron chi connectivity index (χ2n) is 7.36. The van der Waals surface area contributed by atoms with Crippen LogP contribution in [-0.2, 0) is 0 Å². The first-order chi connectivity index (χ1) is 11.9. The summed E-state index contributed by atoms with van der Waals surface area (Å²) >= 11 is 6.12. The summed E-state index contributed by atoms with van der Waals surface area (Å²) < 4.78 is 0. The number of rotatable bonds is 8. The molecule has 0 aliphatic heterocycles. The van der Waals surface area contributed by atoms with Crippen molar-refractivity contribution in [1.29, 1.82) is 0 Å². The van der Waals surface area contributed by atoms with Crippen LogP contribution in [0.5, 0.6) is 0 Å². The van der Waals surface area contributed by atoms with Gasteiger partial charge in [-0.15, -0.1) is 0 Å². The topological polar surface area (TPSA) is 23.5 Å². The molecule has 0 bridgehead atoms. The Labute approximate surface area is 157 Å². The molecule has 2 rings (SSSR count). The molecule has 0 fully saturated rings. The minimum Gasteiger partial charge on any atom is -0.386 e. The van der Waals surface area contributed by atoms with Crippen LogP contribution in [0.2, 0.25) is 5.02 Å². The number of anilines is 1.